The zero-order valence-corrected chi connectivity index (χ0v) is 30.1. The third-order valence-corrected chi connectivity index (χ3v) is 9.19. The minimum atomic E-state index is 0. The van der Waals surface area contributed by atoms with E-state index in [-0.39, 0.29) is 17.1 Å². The molecule has 1 radical (unpaired) electrons. The number of nitrogens with zero attached hydrogens (tertiary/aromatic N) is 6. The Labute approximate surface area is 293 Å². The van der Waals surface area contributed by atoms with E-state index < -0.39 is 0 Å². The summed E-state index contributed by atoms with van der Waals surface area (Å²) in [4.78, 5) is 15.2. The van der Waals surface area contributed by atoms with Gasteiger partial charge in [-0.2, -0.15) is 0 Å². The largest absolute Gasteiger partial charge is 0.814 e. The first-order valence-corrected chi connectivity index (χ1v) is 16.7. The van der Waals surface area contributed by atoms with Crippen LogP contribution in [0.15, 0.2) is 73.1 Å². The van der Waals surface area contributed by atoms with E-state index >= 15 is 0 Å². The summed E-state index contributed by atoms with van der Waals surface area (Å²) in [6, 6.07) is 23.2. The van der Waals surface area contributed by atoms with Gasteiger partial charge in [-0.05, 0) is 112 Å². The fraction of sp³-hybridized carbons (Fsp3) is 0.400. The maximum atomic E-state index is 7.44. The average molecular weight is 670 g/mol. The normalized spacial score (nSPS) is 17.5. The molecule has 249 valence electrons. The second-order valence-electron chi connectivity index (χ2n) is 12.5. The van der Waals surface area contributed by atoms with Crippen LogP contribution in [0.3, 0.4) is 0 Å². The van der Waals surface area contributed by atoms with Crippen LogP contribution in [0.2, 0.25) is 0 Å². The monoisotopic (exact) mass is 669 g/mol. The first kappa shape index (κ1) is 38.0. The van der Waals surface area contributed by atoms with Crippen LogP contribution < -0.4 is 0 Å². The second kappa shape index (κ2) is 18.8. The summed E-state index contributed by atoms with van der Waals surface area (Å²) in [5.41, 5.74) is 12.7. The first-order valence-electron chi connectivity index (χ1n) is 16.7. The summed E-state index contributed by atoms with van der Waals surface area (Å²) in [6.07, 6.45) is 11.3. The van der Waals surface area contributed by atoms with Gasteiger partial charge in [-0.25, -0.2) is 12.4 Å². The third-order valence-electron chi connectivity index (χ3n) is 9.19. The van der Waals surface area contributed by atoms with Crippen LogP contribution in [0.1, 0.15) is 73.2 Å². The Hall–Kier alpha value is -3.48. The van der Waals surface area contributed by atoms with E-state index in [1.54, 1.807) is 13.8 Å². The van der Waals surface area contributed by atoms with E-state index in [1.165, 1.54) is 81.6 Å². The Morgan fingerprint density at radius 2 is 0.957 bits per heavy atom. The van der Waals surface area contributed by atoms with E-state index in [1.807, 2.05) is 0 Å². The molecule has 2 aliphatic heterocycles. The molecule has 0 unspecified atom stereocenters. The van der Waals surface area contributed by atoms with Crippen molar-refractivity contribution in [1.82, 2.24) is 19.8 Å². The van der Waals surface area contributed by atoms with Crippen molar-refractivity contribution in [3.05, 3.63) is 118 Å². The molecule has 0 N–H and O–H groups in total. The van der Waals surface area contributed by atoms with E-state index in [9.17, 15) is 0 Å². The summed E-state index contributed by atoms with van der Waals surface area (Å²) >= 11 is 0. The van der Waals surface area contributed by atoms with Gasteiger partial charge in [0.2, 0.25) is 0 Å². The molecule has 6 nitrogen and oxygen atoms in total. The molecule has 4 heterocycles. The predicted molar refractivity (Wildman–Crippen MR) is 195 cm³/mol. The number of aryl methyl sites for hydroxylation is 4. The molecule has 2 aliphatic rings. The number of hydrogen-bond acceptors (Lipinski definition) is 4. The molecular weight excluding hydrogens is 619 g/mol. The summed E-state index contributed by atoms with van der Waals surface area (Å²) in [5, 5.41) is 14.9. The van der Waals surface area contributed by atoms with Gasteiger partial charge in [-0.15, -0.1) is 0 Å². The van der Waals surface area contributed by atoms with Gasteiger partial charge in [0, 0.05) is 65.8 Å². The molecule has 0 amide bonds. The van der Waals surface area contributed by atoms with Crippen molar-refractivity contribution in [2.24, 2.45) is 0 Å². The zero-order chi connectivity index (χ0) is 33.1. The van der Waals surface area contributed by atoms with Crippen LogP contribution in [0.5, 0.6) is 0 Å². The minimum absolute atomic E-state index is 0. The molecule has 2 saturated heterocycles. The number of aromatic nitrogens is 2. The molecule has 2 aromatic carbocycles. The summed E-state index contributed by atoms with van der Waals surface area (Å²) in [5.74, 6) is 0. The van der Waals surface area contributed by atoms with Crippen molar-refractivity contribution >= 4 is 12.4 Å². The van der Waals surface area contributed by atoms with E-state index in [2.05, 4.69) is 111 Å². The van der Waals surface area contributed by atoms with Gasteiger partial charge in [-0.3, -0.25) is 19.8 Å². The Morgan fingerprint density at radius 3 is 1.26 bits per heavy atom. The van der Waals surface area contributed by atoms with Crippen molar-refractivity contribution in [3.63, 3.8) is 0 Å². The molecule has 0 bridgehead atoms. The Kier molecular flexibility index (Phi) is 15.2. The number of likely N-dealkylation sites (tertiary alicyclic amines) is 2. The standard InChI is InChI=1S/C36H42N4.2C2H4N.Mn/c1-25-9-5-10-26(2)35(25)29-15-17-31(37-21-29)23-39-19-7-13-33(39)34-14-8-20-40(34)24-32-18-16-30(22-38-32)36-27(3)11-6-12-28(36)4;2*1-2-3;/h5-6,9-12,15-18,21-22,33-34H,7-8,13-14,19-20,23-24H2,1-4H3;2*2H,1H3;/q;2*-1;/t33-,34-;;;/m1.../s1. The van der Waals surface area contributed by atoms with Crippen molar-refractivity contribution in [2.75, 3.05) is 13.1 Å². The third kappa shape index (κ3) is 9.77. The number of hydrogen-bond donors (Lipinski definition) is 0. The summed E-state index contributed by atoms with van der Waals surface area (Å²) in [6.45, 7) is 16.1. The summed E-state index contributed by atoms with van der Waals surface area (Å²) in [7, 11) is 0. The van der Waals surface area contributed by atoms with Gasteiger partial charge in [0.25, 0.3) is 0 Å². The maximum Gasteiger partial charge on any atom is 0.0544 e. The van der Waals surface area contributed by atoms with Gasteiger partial charge in [0.1, 0.15) is 0 Å². The van der Waals surface area contributed by atoms with Crippen LogP contribution in [0.25, 0.3) is 33.1 Å². The fourth-order valence-corrected chi connectivity index (χ4v) is 7.26. The van der Waals surface area contributed by atoms with Crippen LogP contribution in [-0.4, -0.2) is 57.4 Å². The maximum absolute atomic E-state index is 7.44. The Bertz CT molecular complexity index is 1410. The molecular formula is C40H50MnN6-2. The van der Waals surface area contributed by atoms with Gasteiger partial charge in [0.05, 0.1) is 11.4 Å². The first-order chi connectivity index (χ1) is 22.3. The molecule has 2 aromatic heterocycles. The molecule has 2 atom stereocenters. The summed E-state index contributed by atoms with van der Waals surface area (Å²) < 4.78 is 0. The van der Waals surface area contributed by atoms with Gasteiger partial charge >= 0.3 is 0 Å². The van der Waals surface area contributed by atoms with Crippen LogP contribution in [0, 0.1) is 27.7 Å². The predicted octanol–water partition coefficient (Wildman–Crippen LogP) is 8.96. The topological polar surface area (TPSA) is 76.9 Å². The number of rotatable bonds is 7. The number of benzene rings is 2. The van der Waals surface area contributed by atoms with Gasteiger partial charge < -0.3 is 10.8 Å². The minimum Gasteiger partial charge on any atom is -0.814 e. The SMILES string of the molecule is CC=[N-].CC=[N-].Cc1cccc(C)c1-c1ccc(CN2CCC[C@@H]2[C@H]2CCCN2Cc2ccc(-c3c(C)cccc3C)cn2)nc1.[Mn]. The van der Waals surface area contributed by atoms with Gasteiger partial charge in [-0.1, -0.05) is 62.4 Å². The second-order valence-corrected chi connectivity index (χ2v) is 12.5. The van der Waals surface area contributed by atoms with Crippen LogP contribution >= 0.6 is 0 Å². The average Bonchev–Trinajstić information content (AvgIpc) is 3.68. The smallest absolute Gasteiger partial charge is 0.0544 e. The molecule has 0 aliphatic carbocycles. The Balaban J connectivity index is 0.000000799. The molecule has 6 rings (SSSR count). The fourth-order valence-electron chi connectivity index (χ4n) is 7.26. The molecule has 7 heteroatoms. The number of pyridine rings is 2. The van der Waals surface area contributed by atoms with E-state index in [4.69, 9.17) is 20.8 Å². The molecule has 47 heavy (non-hydrogen) atoms. The van der Waals surface area contributed by atoms with Crippen molar-refractivity contribution in [1.29, 1.82) is 0 Å². The molecule has 0 saturated carbocycles. The van der Waals surface area contributed by atoms with Crippen LogP contribution in [-0.2, 0) is 30.2 Å². The quantitative estimate of drug-likeness (QED) is 0.145. The van der Waals surface area contributed by atoms with Crippen molar-refractivity contribution in [3.8, 4) is 22.3 Å². The van der Waals surface area contributed by atoms with Crippen LogP contribution in [0.4, 0.5) is 0 Å². The molecule has 2 fully saturated rings. The van der Waals surface area contributed by atoms with E-state index in [0.717, 1.165) is 38.6 Å². The van der Waals surface area contributed by atoms with Crippen molar-refractivity contribution < 1.29 is 17.1 Å². The van der Waals surface area contributed by atoms with Gasteiger partial charge in [0.15, 0.2) is 0 Å². The molecule has 4 aromatic rings. The Morgan fingerprint density at radius 1 is 0.617 bits per heavy atom. The van der Waals surface area contributed by atoms with E-state index in [0.29, 0.717) is 12.1 Å². The zero-order valence-electron chi connectivity index (χ0n) is 29.0. The van der Waals surface area contributed by atoms with Crippen molar-refractivity contribution in [2.45, 2.75) is 92.4 Å². The molecule has 0 spiro atoms.